The van der Waals surface area contributed by atoms with Crippen molar-refractivity contribution in [2.24, 2.45) is 0 Å². The first-order valence-electron chi connectivity index (χ1n) is 4.57. The van der Waals surface area contributed by atoms with Crippen LogP contribution in [0.4, 0.5) is 4.79 Å². The molecule has 0 bridgehead atoms. The van der Waals surface area contributed by atoms with E-state index in [0.717, 1.165) is 20.5 Å². The Hall–Kier alpha value is -0.480. The first-order chi connectivity index (χ1) is 6.91. The zero-order chi connectivity index (χ0) is 11.6. The van der Waals surface area contributed by atoms with Gasteiger partial charge in [-0.2, -0.15) is 0 Å². The van der Waals surface area contributed by atoms with Crippen LogP contribution in [0.5, 0.6) is 0 Å². The number of carbonyl (C=O) groups excluding carboxylic acids is 1. The smallest absolute Gasteiger partial charge is 0.285 e. The van der Waals surface area contributed by atoms with Crippen LogP contribution in [0.3, 0.4) is 0 Å². The highest BCUT2D eigenvalue weighted by Crippen LogP contribution is 2.29. The Bertz CT molecular complexity index is 390. The van der Waals surface area contributed by atoms with E-state index in [0.29, 0.717) is 0 Å². The molecule has 82 valence electrons. The number of aryl methyl sites for hydroxylation is 2. The molecule has 0 N–H and O–H groups in total. The molecule has 15 heavy (non-hydrogen) atoms. The van der Waals surface area contributed by atoms with Crippen molar-refractivity contribution in [2.45, 2.75) is 18.7 Å². The number of nitrogens with zero attached hydrogens (tertiary/aromatic N) is 1. The summed E-state index contributed by atoms with van der Waals surface area (Å²) >= 11 is 4.74. The summed E-state index contributed by atoms with van der Waals surface area (Å²) in [6.45, 7) is 4.03. The number of amides is 1. The molecule has 0 aliphatic carbocycles. The Morgan fingerprint density at radius 1 is 1.27 bits per heavy atom. The average Bonchev–Trinajstić information content (AvgIpc) is 2.13. The standard InChI is InChI=1S/C11H14BrNOS/c1-7-6-10(8(2)5-9(7)12)15-11(14)13(3)4/h5-6H,1-4H3. The van der Waals surface area contributed by atoms with E-state index in [2.05, 4.69) is 15.9 Å². The molecule has 2 nitrogen and oxygen atoms in total. The Labute approximate surface area is 103 Å². The van der Waals surface area contributed by atoms with Gasteiger partial charge in [0.15, 0.2) is 0 Å². The molecule has 0 atom stereocenters. The molecule has 0 radical (unpaired) electrons. The fraction of sp³-hybridized carbons (Fsp3) is 0.364. The zero-order valence-corrected chi connectivity index (χ0v) is 11.7. The summed E-state index contributed by atoms with van der Waals surface area (Å²) in [6.07, 6.45) is 0. The number of carbonyl (C=O) groups is 1. The molecular weight excluding hydrogens is 274 g/mol. The van der Waals surface area contributed by atoms with Gasteiger partial charge in [0.2, 0.25) is 0 Å². The van der Waals surface area contributed by atoms with Crippen LogP contribution in [-0.2, 0) is 0 Å². The number of benzene rings is 1. The third kappa shape index (κ3) is 3.24. The van der Waals surface area contributed by atoms with Crippen molar-refractivity contribution in [1.82, 2.24) is 4.90 Å². The Morgan fingerprint density at radius 3 is 2.40 bits per heavy atom. The van der Waals surface area contributed by atoms with Crippen molar-refractivity contribution in [3.8, 4) is 0 Å². The van der Waals surface area contributed by atoms with Crippen LogP contribution in [0.1, 0.15) is 11.1 Å². The SMILES string of the molecule is Cc1cc(SC(=O)N(C)C)c(C)cc1Br. The van der Waals surface area contributed by atoms with Gasteiger partial charge in [0, 0.05) is 23.5 Å². The summed E-state index contributed by atoms with van der Waals surface area (Å²) in [5, 5.41) is 0.0554. The normalized spacial score (nSPS) is 10.2. The van der Waals surface area contributed by atoms with Crippen LogP contribution >= 0.6 is 27.7 Å². The van der Waals surface area contributed by atoms with Crippen LogP contribution in [-0.4, -0.2) is 24.2 Å². The van der Waals surface area contributed by atoms with Gasteiger partial charge >= 0.3 is 0 Å². The van der Waals surface area contributed by atoms with Gasteiger partial charge in [-0.05, 0) is 48.9 Å². The maximum Gasteiger partial charge on any atom is 0.285 e. The summed E-state index contributed by atoms with van der Waals surface area (Å²) < 4.78 is 1.08. The second-order valence-corrected chi connectivity index (χ2v) is 5.48. The molecule has 0 unspecified atom stereocenters. The quantitative estimate of drug-likeness (QED) is 0.732. The monoisotopic (exact) mass is 287 g/mol. The topological polar surface area (TPSA) is 20.3 Å². The molecule has 0 spiro atoms. The van der Waals surface area contributed by atoms with Gasteiger partial charge in [0.25, 0.3) is 5.24 Å². The van der Waals surface area contributed by atoms with Crippen LogP contribution in [0, 0.1) is 13.8 Å². The molecule has 1 aromatic carbocycles. The highest BCUT2D eigenvalue weighted by molar-refractivity contribution is 9.10. The predicted octanol–water partition coefficient (Wildman–Crippen LogP) is 3.84. The van der Waals surface area contributed by atoms with E-state index in [9.17, 15) is 4.79 Å². The lowest BCUT2D eigenvalue weighted by Gasteiger charge is -2.12. The maximum absolute atomic E-state index is 11.5. The van der Waals surface area contributed by atoms with Crippen molar-refractivity contribution in [3.63, 3.8) is 0 Å². The number of thioether (sulfide) groups is 1. The molecule has 4 heteroatoms. The van der Waals surface area contributed by atoms with Gasteiger partial charge in [0.1, 0.15) is 0 Å². The molecule has 0 aromatic heterocycles. The minimum Gasteiger partial charge on any atom is -0.339 e. The van der Waals surface area contributed by atoms with Gasteiger partial charge in [-0.25, -0.2) is 0 Å². The Kier molecular flexibility index (Phi) is 4.22. The highest BCUT2D eigenvalue weighted by atomic mass is 79.9. The predicted molar refractivity (Wildman–Crippen MR) is 68.6 cm³/mol. The molecule has 0 saturated heterocycles. The number of hydrogen-bond donors (Lipinski definition) is 0. The van der Waals surface area contributed by atoms with Gasteiger partial charge in [-0.3, -0.25) is 4.79 Å². The van der Waals surface area contributed by atoms with Crippen LogP contribution in [0.2, 0.25) is 0 Å². The molecular formula is C11H14BrNOS. The highest BCUT2D eigenvalue weighted by Gasteiger charge is 2.10. The molecule has 1 amide bonds. The van der Waals surface area contributed by atoms with E-state index < -0.39 is 0 Å². The lowest BCUT2D eigenvalue weighted by Crippen LogP contribution is -2.16. The lowest BCUT2D eigenvalue weighted by molar-refractivity contribution is 0.241. The van der Waals surface area contributed by atoms with Crippen molar-refractivity contribution in [1.29, 1.82) is 0 Å². The first kappa shape index (κ1) is 12.6. The van der Waals surface area contributed by atoms with Crippen LogP contribution in [0.25, 0.3) is 0 Å². The van der Waals surface area contributed by atoms with E-state index in [1.165, 1.54) is 11.8 Å². The molecule has 1 rings (SSSR count). The molecule has 0 saturated carbocycles. The average molecular weight is 288 g/mol. The summed E-state index contributed by atoms with van der Waals surface area (Å²) in [7, 11) is 3.52. The second kappa shape index (κ2) is 5.03. The van der Waals surface area contributed by atoms with E-state index in [1.807, 2.05) is 26.0 Å². The van der Waals surface area contributed by atoms with Crippen LogP contribution < -0.4 is 0 Å². The summed E-state index contributed by atoms with van der Waals surface area (Å²) in [5.41, 5.74) is 2.27. The van der Waals surface area contributed by atoms with Crippen molar-refractivity contribution < 1.29 is 4.79 Å². The van der Waals surface area contributed by atoms with Gasteiger partial charge in [0.05, 0.1) is 0 Å². The molecule has 0 fully saturated rings. The van der Waals surface area contributed by atoms with Gasteiger partial charge < -0.3 is 4.90 Å². The van der Waals surface area contributed by atoms with Gasteiger partial charge in [-0.15, -0.1) is 0 Å². The summed E-state index contributed by atoms with van der Waals surface area (Å²) in [6, 6.07) is 4.08. The maximum atomic E-state index is 11.5. The number of hydrogen-bond acceptors (Lipinski definition) is 2. The summed E-state index contributed by atoms with van der Waals surface area (Å²) in [4.78, 5) is 14.1. The number of halogens is 1. The minimum atomic E-state index is 0.0554. The fourth-order valence-electron chi connectivity index (χ4n) is 1.05. The van der Waals surface area contributed by atoms with E-state index in [4.69, 9.17) is 0 Å². The first-order valence-corrected chi connectivity index (χ1v) is 6.18. The van der Waals surface area contributed by atoms with E-state index in [-0.39, 0.29) is 5.24 Å². The third-order valence-electron chi connectivity index (χ3n) is 2.02. The van der Waals surface area contributed by atoms with Crippen molar-refractivity contribution in [3.05, 3.63) is 27.7 Å². The minimum absolute atomic E-state index is 0.0554. The zero-order valence-electron chi connectivity index (χ0n) is 9.30. The third-order valence-corrected chi connectivity index (χ3v) is 4.07. The Balaban J connectivity index is 2.96. The number of rotatable bonds is 1. The molecule has 0 aliphatic rings. The fourth-order valence-corrected chi connectivity index (χ4v) is 2.33. The van der Waals surface area contributed by atoms with Crippen LogP contribution in [0.15, 0.2) is 21.5 Å². The Morgan fingerprint density at radius 2 is 1.87 bits per heavy atom. The van der Waals surface area contributed by atoms with Gasteiger partial charge in [-0.1, -0.05) is 15.9 Å². The lowest BCUT2D eigenvalue weighted by atomic mass is 10.2. The molecule has 0 aliphatic heterocycles. The van der Waals surface area contributed by atoms with E-state index >= 15 is 0 Å². The largest absolute Gasteiger partial charge is 0.339 e. The van der Waals surface area contributed by atoms with Crippen molar-refractivity contribution >= 4 is 32.9 Å². The van der Waals surface area contributed by atoms with Crippen molar-refractivity contribution in [2.75, 3.05) is 14.1 Å². The molecule has 0 heterocycles. The van der Waals surface area contributed by atoms with E-state index in [1.54, 1.807) is 19.0 Å². The second-order valence-electron chi connectivity index (χ2n) is 3.63. The summed E-state index contributed by atoms with van der Waals surface area (Å²) in [5.74, 6) is 0. The molecule has 1 aromatic rings.